The molecule has 0 aliphatic heterocycles. The minimum absolute atomic E-state index is 0. The number of rotatable bonds is 4. The topological polar surface area (TPSA) is 0 Å². The van der Waals surface area contributed by atoms with Crippen LogP contribution in [-0.4, -0.2) is 4.26 Å². The van der Waals surface area contributed by atoms with Gasteiger partial charge in [0.15, 0.2) is 0 Å². The van der Waals surface area contributed by atoms with Crippen LogP contribution >= 0.6 is 48.0 Å². The van der Waals surface area contributed by atoms with Gasteiger partial charge >= 0.3 is 316 Å². The fourth-order valence-electron chi connectivity index (χ4n) is 9.08. The fraction of sp³-hybridized carbons (Fsp3) is 0.383. The number of fused-ring (bicyclic) bond motifs is 3. The zero-order chi connectivity index (χ0) is 36.8. The van der Waals surface area contributed by atoms with E-state index in [1.807, 2.05) is 0 Å². The van der Waals surface area contributed by atoms with E-state index < -0.39 is 18.0 Å². The molecule has 0 N–H and O–H groups in total. The molecule has 2 aliphatic carbocycles. The molecule has 0 bridgehead atoms. The number of hydrogen-bond acceptors (Lipinski definition) is 0. The summed E-state index contributed by atoms with van der Waals surface area (Å²) in [5.41, 5.74) is 11.2. The third-order valence-corrected chi connectivity index (χ3v) is 35.9. The molecule has 6 rings (SSSR count). The molecule has 2 aliphatic rings. The van der Waals surface area contributed by atoms with Gasteiger partial charge in [-0.3, -0.25) is 0 Å². The Balaban J connectivity index is 0.00000302. The molecule has 0 saturated heterocycles. The molecule has 0 heterocycles. The van der Waals surface area contributed by atoms with Crippen molar-refractivity contribution in [3.63, 3.8) is 0 Å². The van der Waals surface area contributed by atoms with Crippen molar-refractivity contribution in [1.82, 2.24) is 0 Å². The van der Waals surface area contributed by atoms with Gasteiger partial charge in [-0.1, -0.05) is 0 Å². The van der Waals surface area contributed by atoms with E-state index in [1.54, 1.807) is 0 Å². The van der Waals surface area contributed by atoms with Crippen LogP contribution in [0.25, 0.3) is 11.1 Å². The Hall–Kier alpha value is -1.74. The summed E-state index contributed by atoms with van der Waals surface area (Å²) < 4.78 is 11.5. The molecule has 0 radical (unpaired) electrons. The molecule has 4 aromatic rings. The quantitative estimate of drug-likeness (QED) is 0.158. The van der Waals surface area contributed by atoms with Crippen LogP contribution in [0, 0.1) is 0 Å². The first kappa shape index (κ1) is 43.0. The fourth-order valence-corrected chi connectivity index (χ4v) is 33.6. The average Bonchev–Trinajstić information content (AvgIpc) is 3.67. The van der Waals surface area contributed by atoms with E-state index in [0.717, 1.165) is 22.9 Å². The first-order valence-electron chi connectivity index (χ1n) is 18.3. The number of allylic oxidation sites excluding steroid dienone is 4. The van der Waals surface area contributed by atoms with Crippen molar-refractivity contribution in [3.8, 4) is 11.1 Å². The molecule has 0 spiro atoms. The third kappa shape index (κ3) is 6.87. The van der Waals surface area contributed by atoms with Crippen molar-refractivity contribution in [1.29, 1.82) is 0 Å². The third-order valence-electron chi connectivity index (χ3n) is 11.5. The maximum absolute atomic E-state index is 6.69. The molecular formula is C47H58Cl4Hf. The zero-order valence-corrected chi connectivity index (χ0v) is 40.0. The monoisotopic (exact) mass is 942 g/mol. The van der Waals surface area contributed by atoms with Gasteiger partial charge in [0, 0.05) is 0 Å². The summed E-state index contributed by atoms with van der Waals surface area (Å²) in [6, 6.07) is 25.3. The number of hydrogen-bond donors (Lipinski definition) is 0. The maximum atomic E-state index is 6.69. The summed E-state index contributed by atoms with van der Waals surface area (Å²) in [7, 11) is 0. The first-order chi connectivity index (χ1) is 23.0. The number of halogens is 4. The molecule has 0 atom stereocenters. The van der Waals surface area contributed by atoms with Gasteiger partial charge in [-0.05, 0) is 0 Å². The Bertz CT molecular complexity index is 2090. The van der Waals surface area contributed by atoms with Gasteiger partial charge in [0.25, 0.3) is 0 Å². The molecular weight excluding hydrogens is 885 g/mol. The van der Waals surface area contributed by atoms with Gasteiger partial charge in [-0.2, -0.15) is 0 Å². The molecule has 0 amide bonds. The average molecular weight is 943 g/mol. The van der Waals surface area contributed by atoms with Gasteiger partial charge in [0.05, 0.1) is 0 Å². The summed E-state index contributed by atoms with van der Waals surface area (Å²) in [5.74, 6) is 0. The predicted molar refractivity (Wildman–Crippen MR) is 235 cm³/mol. The molecule has 278 valence electrons. The van der Waals surface area contributed by atoms with Crippen molar-refractivity contribution >= 4 is 62.2 Å². The van der Waals surface area contributed by atoms with Crippen LogP contribution in [-0.2, 0) is 46.1 Å². The van der Waals surface area contributed by atoms with Gasteiger partial charge in [0.2, 0.25) is 0 Å². The van der Waals surface area contributed by atoms with Crippen LogP contribution in [0.15, 0.2) is 88.3 Å². The van der Waals surface area contributed by atoms with E-state index in [4.69, 9.17) is 27.5 Å². The van der Waals surface area contributed by atoms with Crippen molar-refractivity contribution in [2.24, 2.45) is 0 Å². The van der Waals surface area contributed by atoms with Gasteiger partial charge in [-0.15, -0.1) is 24.8 Å². The van der Waals surface area contributed by atoms with Crippen molar-refractivity contribution in [3.05, 3.63) is 132 Å². The summed E-state index contributed by atoms with van der Waals surface area (Å²) in [5, 5.41) is 1.49. The van der Waals surface area contributed by atoms with Crippen molar-refractivity contribution < 1.29 is 18.0 Å². The standard InChI is InChI=1S/C29H41.2C6H4Cl.C5H5.CH2.2ClH.Hf/c1-26(2,3)22-14-18-13-19-15-23(27(4,5)6)25(29(10,11)12)17-21(19)20(18)16-24(22)28(7,8)9;2*7-6-4-2-1-3-5-6;1-2-4-5-3-1;;;;/h14,16-17H,13H2,1-12H3;2*2-5H;1-3H,4H2;1H2;2*1H;. The van der Waals surface area contributed by atoms with Gasteiger partial charge in [0.1, 0.15) is 0 Å². The summed E-state index contributed by atoms with van der Waals surface area (Å²) in [4.78, 5) is 0. The molecule has 52 heavy (non-hydrogen) atoms. The van der Waals surface area contributed by atoms with Crippen LogP contribution < -0.4 is 9.96 Å². The molecule has 0 saturated carbocycles. The van der Waals surface area contributed by atoms with E-state index in [-0.39, 0.29) is 46.5 Å². The molecule has 0 unspecified atom stereocenters. The molecule has 0 nitrogen and oxygen atoms in total. The summed E-state index contributed by atoms with van der Waals surface area (Å²) in [6.07, 6.45) is 8.77. The van der Waals surface area contributed by atoms with Crippen LogP contribution in [0.1, 0.15) is 123 Å². The molecule has 5 heteroatoms. The molecule has 0 fully saturated rings. The summed E-state index contributed by atoms with van der Waals surface area (Å²) in [6.45, 7) is 28.6. The minimum atomic E-state index is -5.30. The Morgan fingerprint density at radius 1 is 0.577 bits per heavy atom. The van der Waals surface area contributed by atoms with Crippen LogP contribution in [0.3, 0.4) is 0 Å². The normalized spacial score (nSPS) is 14.7. The zero-order valence-electron chi connectivity index (χ0n) is 33.3. The van der Waals surface area contributed by atoms with Gasteiger partial charge in [-0.25, -0.2) is 0 Å². The van der Waals surface area contributed by atoms with Crippen LogP contribution in [0.4, 0.5) is 0 Å². The summed E-state index contributed by atoms with van der Waals surface area (Å²) >= 11 is 8.07. The molecule has 0 aromatic heterocycles. The van der Waals surface area contributed by atoms with Crippen molar-refractivity contribution in [2.75, 3.05) is 0 Å². The Labute approximate surface area is 337 Å². The van der Waals surface area contributed by atoms with E-state index in [9.17, 15) is 0 Å². The van der Waals surface area contributed by atoms with E-state index in [1.165, 1.54) is 57.8 Å². The van der Waals surface area contributed by atoms with Gasteiger partial charge < -0.3 is 0 Å². The number of benzene rings is 4. The first-order valence-corrected chi connectivity index (χ1v) is 28.8. The Kier molecular flexibility index (Phi) is 11.6. The second-order valence-corrected chi connectivity index (χ2v) is 38.8. The Morgan fingerprint density at radius 2 is 1.02 bits per heavy atom. The van der Waals surface area contributed by atoms with E-state index in [0.29, 0.717) is 0 Å². The van der Waals surface area contributed by atoms with E-state index >= 15 is 0 Å². The second-order valence-electron chi connectivity index (χ2n) is 19.2. The van der Waals surface area contributed by atoms with Crippen LogP contribution in [0.5, 0.6) is 0 Å². The molecule has 4 aromatic carbocycles. The second kappa shape index (κ2) is 14.1. The van der Waals surface area contributed by atoms with Crippen LogP contribution in [0.2, 0.25) is 10.0 Å². The van der Waals surface area contributed by atoms with Crippen molar-refractivity contribution in [2.45, 2.75) is 118 Å². The van der Waals surface area contributed by atoms with E-state index in [2.05, 4.69) is 168 Å². The predicted octanol–water partition coefficient (Wildman–Crippen LogP) is 12.8. The Morgan fingerprint density at radius 3 is 1.42 bits per heavy atom. The SMILES string of the molecule is Cl.Cl.[CH2]=[Hf]([C]1=CC=CC1)([c]1ccc(Cl)cc1)([c]1ccc(Cl)cc1)[c]1c2c(cc(C(C)(C)C)c1C(C)(C)C)-c1cc(C(C)(C)C)c(C(C)(C)C)cc1C2.